The summed E-state index contributed by atoms with van der Waals surface area (Å²) in [6.07, 6.45) is 6.54. The maximum absolute atomic E-state index is 11.0. The number of carbonyl (C=O) groups is 1. The molecule has 0 aromatic heterocycles. The van der Waals surface area contributed by atoms with Gasteiger partial charge in [-0.05, 0) is 39.2 Å². The molecule has 1 fully saturated rings. The van der Waals surface area contributed by atoms with E-state index in [9.17, 15) is 4.79 Å². The lowest BCUT2D eigenvalue weighted by Gasteiger charge is -2.03. The lowest BCUT2D eigenvalue weighted by Crippen LogP contribution is -2.17. The van der Waals surface area contributed by atoms with Crippen LogP contribution in [0.2, 0.25) is 0 Å². The molecular weight excluding hydrogens is 178 g/mol. The number of ether oxygens (including phenoxy) is 1. The van der Waals surface area contributed by atoms with Crippen LogP contribution in [0.1, 0.15) is 45.4 Å². The fourth-order valence-corrected chi connectivity index (χ4v) is 1.40. The minimum absolute atomic E-state index is 0.0531. The van der Waals surface area contributed by atoms with Gasteiger partial charge < -0.3 is 10.1 Å². The summed E-state index contributed by atoms with van der Waals surface area (Å²) in [5, 5.41) is 3.45. The van der Waals surface area contributed by atoms with Crippen molar-refractivity contribution >= 4 is 5.97 Å². The summed E-state index contributed by atoms with van der Waals surface area (Å²) in [5.41, 5.74) is 0. The Morgan fingerprint density at radius 2 is 2.14 bits per heavy atom. The lowest BCUT2D eigenvalue weighted by atomic mass is 10.2. The Hall–Kier alpha value is -0.570. The Labute approximate surface area is 86.2 Å². The van der Waals surface area contributed by atoms with Gasteiger partial charge in [0.1, 0.15) is 0 Å². The molecule has 0 heterocycles. The van der Waals surface area contributed by atoms with Gasteiger partial charge in [0.05, 0.1) is 6.61 Å². The third-order valence-corrected chi connectivity index (χ3v) is 2.37. The van der Waals surface area contributed by atoms with Crippen LogP contribution in [0.5, 0.6) is 0 Å². The van der Waals surface area contributed by atoms with Crippen LogP contribution in [0.25, 0.3) is 0 Å². The molecule has 0 aromatic carbocycles. The van der Waals surface area contributed by atoms with Crippen LogP contribution in [0.3, 0.4) is 0 Å². The zero-order chi connectivity index (χ0) is 10.2. The first-order valence-electron chi connectivity index (χ1n) is 5.72. The van der Waals surface area contributed by atoms with Gasteiger partial charge in [-0.1, -0.05) is 6.42 Å². The van der Waals surface area contributed by atoms with Crippen molar-refractivity contribution in [2.24, 2.45) is 0 Å². The third kappa shape index (κ3) is 5.97. The van der Waals surface area contributed by atoms with Gasteiger partial charge in [-0.15, -0.1) is 0 Å². The third-order valence-electron chi connectivity index (χ3n) is 2.37. The first-order valence-corrected chi connectivity index (χ1v) is 5.72. The van der Waals surface area contributed by atoms with Gasteiger partial charge in [0, 0.05) is 12.5 Å². The number of carbonyl (C=O) groups excluding carboxylic acids is 1. The van der Waals surface area contributed by atoms with Crippen LogP contribution >= 0.6 is 0 Å². The van der Waals surface area contributed by atoms with E-state index in [-0.39, 0.29) is 5.97 Å². The molecule has 0 spiro atoms. The molecule has 0 unspecified atom stereocenters. The van der Waals surface area contributed by atoms with Crippen molar-refractivity contribution in [2.45, 2.75) is 51.5 Å². The summed E-state index contributed by atoms with van der Waals surface area (Å²) in [5.74, 6) is -0.0531. The molecule has 0 bridgehead atoms. The van der Waals surface area contributed by atoms with E-state index in [1.807, 2.05) is 6.92 Å². The highest BCUT2D eigenvalue weighted by molar-refractivity contribution is 5.69. The average molecular weight is 199 g/mol. The fourth-order valence-electron chi connectivity index (χ4n) is 1.40. The van der Waals surface area contributed by atoms with Crippen LogP contribution in [0, 0.1) is 0 Å². The van der Waals surface area contributed by atoms with Crippen molar-refractivity contribution < 1.29 is 9.53 Å². The predicted octanol–water partition coefficient (Wildman–Crippen LogP) is 1.86. The monoisotopic (exact) mass is 199 g/mol. The largest absolute Gasteiger partial charge is 0.466 e. The van der Waals surface area contributed by atoms with Crippen molar-refractivity contribution in [3.63, 3.8) is 0 Å². The number of hydrogen-bond acceptors (Lipinski definition) is 3. The van der Waals surface area contributed by atoms with Crippen LogP contribution in [0.15, 0.2) is 0 Å². The highest BCUT2D eigenvalue weighted by atomic mass is 16.5. The molecule has 0 saturated heterocycles. The topological polar surface area (TPSA) is 38.3 Å². The zero-order valence-corrected chi connectivity index (χ0v) is 9.05. The molecule has 1 aliphatic rings. The second-order valence-corrected chi connectivity index (χ2v) is 3.84. The summed E-state index contributed by atoms with van der Waals surface area (Å²) in [4.78, 5) is 11.0. The Morgan fingerprint density at radius 1 is 1.36 bits per heavy atom. The lowest BCUT2D eigenvalue weighted by molar-refractivity contribution is -0.143. The standard InChI is InChI=1S/C11H21NO2/c1-2-14-11(13)6-4-3-5-9-12-10-7-8-10/h10,12H,2-9H2,1H3. The van der Waals surface area contributed by atoms with Crippen molar-refractivity contribution in [2.75, 3.05) is 13.2 Å². The van der Waals surface area contributed by atoms with Crippen LogP contribution < -0.4 is 5.32 Å². The summed E-state index contributed by atoms with van der Waals surface area (Å²) in [6.45, 7) is 3.45. The average Bonchev–Trinajstić information content (AvgIpc) is 2.95. The summed E-state index contributed by atoms with van der Waals surface area (Å²) in [6, 6.07) is 0.806. The summed E-state index contributed by atoms with van der Waals surface area (Å²) in [7, 11) is 0. The molecule has 0 atom stereocenters. The molecule has 1 aliphatic carbocycles. The Morgan fingerprint density at radius 3 is 2.79 bits per heavy atom. The van der Waals surface area contributed by atoms with E-state index in [2.05, 4.69) is 5.32 Å². The Balaban J connectivity index is 1.76. The number of esters is 1. The zero-order valence-electron chi connectivity index (χ0n) is 9.05. The van der Waals surface area contributed by atoms with E-state index in [0.29, 0.717) is 13.0 Å². The highest BCUT2D eigenvalue weighted by Crippen LogP contribution is 2.18. The van der Waals surface area contributed by atoms with Crippen molar-refractivity contribution in [1.29, 1.82) is 0 Å². The first-order chi connectivity index (χ1) is 6.83. The smallest absolute Gasteiger partial charge is 0.305 e. The van der Waals surface area contributed by atoms with Crippen molar-refractivity contribution in [3.8, 4) is 0 Å². The van der Waals surface area contributed by atoms with Gasteiger partial charge in [-0.3, -0.25) is 4.79 Å². The number of rotatable bonds is 8. The van der Waals surface area contributed by atoms with Gasteiger partial charge in [0.25, 0.3) is 0 Å². The van der Waals surface area contributed by atoms with Crippen LogP contribution in [-0.2, 0) is 9.53 Å². The maximum Gasteiger partial charge on any atom is 0.305 e. The van der Waals surface area contributed by atoms with Crippen molar-refractivity contribution in [3.05, 3.63) is 0 Å². The SMILES string of the molecule is CCOC(=O)CCCCCNC1CC1. The second-order valence-electron chi connectivity index (χ2n) is 3.84. The molecule has 3 heteroatoms. The maximum atomic E-state index is 11.0. The molecule has 0 amide bonds. The summed E-state index contributed by atoms with van der Waals surface area (Å²) < 4.78 is 4.84. The summed E-state index contributed by atoms with van der Waals surface area (Å²) >= 11 is 0. The van der Waals surface area contributed by atoms with E-state index in [0.717, 1.165) is 25.4 Å². The van der Waals surface area contributed by atoms with E-state index < -0.39 is 0 Å². The van der Waals surface area contributed by atoms with Crippen molar-refractivity contribution in [1.82, 2.24) is 5.32 Å². The Bertz CT molecular complexity index is 167. The van der Waals surface area contributed by atoms with Gasteiger partial charge in [-0.2, -0.15) is 0 Å². The molecule has 1 rings (SSSR count). The predicted molar refractivity (Wildman–Crippen MR) is 56.1 cm³/mol. The Kier molecular flexibility index (Phi) is 5.60. The number of unbranched alkanes of at least 4 members (excludes halogenated alkanes) is 2. The van der Waals surface area contributed by atoms with E-state index >= 15 is 0 Å². The van der Waals surface area contributed by atoms with Gasteiger partial charge in [-0.25, -0.2) is 0 Å². The molecule has 0 radical (unpaired) electrons. The quantitative estimate of drug-likeness (QED) is 0.479. The molecular formula is C11H21NO2. The van der Waals surface area contributed by atoms with Gasteiger partial charge >= 0.3 is 5.97 Å². The molecule has 82 valence electrons. The van der Waals surface area contributed by atoms with E-state index in [1.54, 1.807) is 0 Å². The van der Waals surface area contributed by atoms with E-state index in [1.165, 1.54) is 19.3 Å². The molecule has 0 aromatic rings. The number of hydrogen-bond donors (Lipinski definition) is 1. The second kappa shape index (κ2) is 6.82. The molecule has 3 nitrogen and oxygen atoms in total. The number of nitrogens with one attached hydrogen (secondary N) is 1. The molecule has 14 heavy (non-hydrogen) atoms. The molecule has 1 saturated carbocycles. The minimum atomic E-state index is -0.0531. The molecule has 0 aliphatic heterocycles. The fraction of sp³-hybridized carbons (Fsp3) is 0.909. The van der Waals surface area contributed by atoms with E-state index in [4.69, 9.17) is 4.74 Å². The molecule has 1 N–H and O–H groups in total. The van der Waals surface area contributed by atoms with Gasteiger partial charge in [0.2, 0.25) is 0 Å². The minimum Gasteiger partial charge on any atom is -0.466 e. The van der Waals surface area contributed by atoms with Gasteiger partial charge in [0.15, 0.2) is 0 Å². The van der Waals surface area contributed by atoms with Crippen LogP contribution in [0.4, 0.5) is 0 Å². The first kappa shape index (κ1) is 11.5. The normalized spacial score (nSPS) is 15.5. The van der Waals surface area contributed by atoms with Crippen LogP contribution in [-0.4, -0.2) is 25.2 Å². The highest BCUT2D eigenvalue weighted by Gasteiger charge is 2.19.